The van der Waals surface area contributed by atoms with Crippen LogP contribution in [0.4, 0.5) is 0 Å². The lowest BCUT2D eigenvalue weighted by molar-refractivity contribution is 0.0441. The Bertz CT molecular complexity index is 93.6. The highest BCUT2D eigenvalue weighted by Crippen LogP contribution is 2.08. The molecule has 0 aromatic carbocycles. The highest BCUT2D eigenvalue weighted by molar-refractivity contribution is 7.89. The minimum absolute atomic E-state index is 0.178. The van der Waals surface area contributed by atoms with Crippen molar-refractivity contribution in [2.75, 3.05) is 6.61 Å². The molecule has 1 aliphatic heterocycles. The molecule has 0 aromatic heterocycles. The lowest BCUT2D eigenvalue weighted by Gasteiger charge is -2.14. The van der Waals surface area contributed by atoms with Gasteiger partial charge < -0.3 is 4.55 Å². The van der Waals surface area contributed by atoms with Crippen LogP contribution in [0.5, 0.6) is 0 Å². The Labute approximate surface area is 63.4 Å². The van der Waals surface area contributed by atoms with Crippen molar-refractivity contribution in [3.63, 3.8) is 0 Å². The summed E-state index contributed by atoms with van der Waals surface area (Å²) in [4.78, 5) is 4.95. The summed E-state index contributed by atoms with van der Waals surface area (Å²) in [5, 5.41) is 4.99. The van der Waals surface area contributed by atoms with E-state index in [1.807, 2.05) is 0 Å². The molecule has 60 valence electrons. The maximum Gasteiger partial charge on any atom is 0.207 e. The van der Waals surface area contributed by atoms with Gasteiger partial charge in [0.25, 0.3) is 0 Å². The summed E-state index contributed by atoms with van der Waals surface area (Å²) < 4.78 is 10.7. The van der Waals surface area contributed by atoms with Crippen LogP contribution in [0.1, 0.15) is 19.3 Å². The Morgan fingerprint density at radius 3 is 3.10 bits per heavy atom. The number of hydrogen-bond donors (Lipinski definition) is 2. The van der Waals surface area contributed by atoms with Gasteiger partial charge in [0.2, 0.25) is 5.37 Å². The molecule has 5 heteroatoms. The first-order valence-electron chi connectivity index (χ1n) is 3.33. The number of nitrogens with two attached hydrogens (primary N) is 1. The Morgan fingerprint density at radius 1 is 1.60 bits per heavy atom. The van der Waals surface area contributed by atoms with Gasteiger partial charge in [-0.05, 0) is 12.8 Å². The average Bonchev–Trinajstić information content (AvgIpc) is 2.12. The van der Waals surface area contributed by atoms with E-state index >= 15 is 0 Å². The Balaban J connectivity index is 2.28. The topological polar surface area (TPSA) is 70.3 Å². The van der Waals surface area contributed by atoms with Crippen molar-refractivity contribution in [1.29, 1.82) is 0 Å². The van der Waals surface area contributed by atoms with E-state index in [-0.39, 0.29) is 5.37 Å². The van der Waals surface area contributed by atoms with Gasteiger partial charge in [0.15, 0.2) is 0 Å². The van der Waals surface area contributed by atoms with Gasteiger partial charge in [-0.25, -0.2) is 0 Å². The van der Waals surface area contributed by atoms with Crippen molar-refractivity contribution in [3.8, 4) is 0 Å². The quantitative estimate of drug-likeness (QED) is 0.519. The molecule has 1 heterocycles. The van der Waals surface area contributed by atoms with E-state index in [0.717, 1.165) is 19.3 Å². The van der Waals surface area contributed by atoms with E-state index in [0.29, 0.717) is 6.61 Å². The minimum Gasteiger partial charge on any atom is -0.597 e. The molecule has 2 atom stereocenters. The van der Waals surface area contributed by atoms with E-state index in [9.17, 15) is 4.55 Å². The van der Waals surface area contributed by atoms with Crippen LogP contribution in [0.15, 0.2) is 0 Å². The van der Waals surface area contributed by atoms with Crippen LogP contribution in [-0.4, -0.2) is 16.5 Å². The summed E-state index contributed by atoms with van der Waals surface area (Å²) in [6, 6.07) is 0. The molecule has 1 rings (SSSR count). The van der Waals surface area contributed by atoms with Crippen molar-refractivity contribution >= 4 is 11.4 Å². The van der Waals surface area contributed by atoms with Crippen LogP contribution >= 0.6 is 0 Å². The van der Waals surface area contributed by atoms with Crippen molar-refractivity contribution in [3.05, 3.63) is 0 Å². The maximum atomic E-state index is 10.7. The molecule has 0 radical (unpaired) electrons. The Kier molecular flexibility index (Phi) is 3.44. The Morgan fingerprint density at radius 2 is 2.40 bits per heavy atom. The molecule has 1 aliphatic rings. The molecule has 0 saturated carbocycles. The molecular weight excluding hydrogens is 152 g/mol. The number of rotatable bonds is 1. The fraction of sp³-hybridized carbons (Fsp3) is 1.00. The normalized spacial score (nSPS) is 31.2. The monoisotopic (exact) mass is 164 g/mol. The standard InChI is InChI=1S/C5H12N2O2S/c6-10(8)5-3-1-2-4-9-7-5/h5,7H,1-4,6H2. The van der Waals surface area contributed by atoms with Gasteiger partial charge in [0.05, 0.1) is 18.0 Å². The van der Waals surface area contributed by atoms with Gasteiger partial charge in [-0.1, -0.05) is 0 Å². The van der Waals surface area contributed by atoms with E-state index in [1.165, 1.54) is 0 Å². The average molecular weight is 164 g/mol. The van der Waals surface area contributed by atoms with Gasteiger partial charge in [0.1, 0.15) is 0 Å². The smallest absolute Gasteiger partial charge is 0.207 e. The minimum atomic E-state index is -1.30. The first kappa shape index (κ1) is 8.29. The predicted molar refractivity (Wildman–Crippen MR) is 39.1 cm³/mol. The number of hydrogen-bond acceptors (Lipinski definition) is 4. The van der Waals surface area contributed by atoms with Gasteiger partial charge in [0, 0.05) is 6.42 Å². The molecule has 0 amide bonds. The van der Waals surface area contributed by atoms with Crippen molar-refractivity contribution in [2.24, 2.45) is 5.14 Å². The molecule has 0 aliphatic carbocycles. The molecule has 0 bridgehead atoms. The molecule has 4 nitrogen and oxygen atoms in total. The summed E-state index contributed by atoms with van der Waals surface area (Å²) in [5.74, 6) is 0. The fourth-order valence-electron chi connectivity index (χ4n) is 0.878. The van der Waals surface area contributed by atoms with Gasteiger partial charge >= 0.3 is 0 Å². The van der Waals surface area contributed by atoms with E-state index < -0.39 is 11.4 Å². The second-order valence-corrected chi connectivity index (χ2v) is 3.51. The van der Waals surface area contributed by atoms with E-state index in [1.54, 1.807) is 0 Å². The summed E-state index contributed by atoms with van der Waals surface area (Å²) in [7, 11) is 0. The predicted octanol–water partition coefficient (Wildman–Crippen LogP) is -0.360. The molecule has 3 N–H and O–H groups in total. The summed E-state index contributed by atoms with van der Waals surface area (Å²) in [5.41, 5.74) is 2.66. The van der Waals surface area contributed by atoms with Crippen LogP contribution in [-0.2, 0) is 16.2 Å². The number of nitrogens with one attached hydrogen (secondary N) is 1. The van der Waals surface area contributed by atoms with Crippen LogP contribution in [0.3, 0.4) is 0 Å². The first-order valence-corrected chi connectivity index (χ1v) is 4.60. The third kappa shape index (κ3) is 2.43. The summed E-state index contributed by atoms with van der Waals surface area (Å²) in [6.07, 6.45) is 2.88. The summed E-state index contributed by atoms with van der Waals surface area (Å²) >= 11 is -1.30. The lowest BCUT2D eigenvalue weighted by Crippen LogP contribution is -2.39. The third-order valence-electron chi connectivity index (χ3n) is 1.46. The molecule has 1 saturated heterocycles. The van der Waals surface area contributed by atoms with Crippen LogP contribution < -0.4 is 10.6 Å². The highest BCUT2D eigenvalue weighted by atomic mass is 32.2. The zero-order chi connectivity index (χ0) is 7.40. The second kappa shape index (κ2) is 4.15. The molecule has 2 unspecified atom stereocenters. The van der Waals surface area contributed by atoms with Crippen LogP contribution in [0.2, 0.25) is 0 Å². The molecule has 0 spiro atoms. The van der Waals surface area contributed by atoms with E-state index in [4.69, 9.17) is 9.98 Å². The van der Waals surface area contributed by atoms with Crippen molar-refractivity contribution in [2.45, 2.75) is 24.6 Å². The first-order chi connectivity index (χ1) is 4.80. The van der Waals surface area contributed by atoms with Gasteiger partial charge in [-0.3, -0.25) is 4.84 Å². The molecule has 10 heavy (non-hydrogen) atoms. The van der Waals surface area contributed by atoms with Crippen LogP contribution in [0, 0.1) is 0 Å². The van der Waals surface area contributed by atoms with Crippen LogP contribution in [0.25, 0.3) is 0 Å². The Hall–Kier alpha value is 0.190. The molecule has 1 fully saturated rings. The maximum absolute atomic E-state index is 10.7. The zero-order valence-corrected chi connectivity index (χ0v) is 6.52. The largest absolute Gasteiger partial charge is 0.597 e. The molecular formula is C5H12N2O2S. The second-order valence-electron chi connectivity index (χ2n) is 2.28. The molecule has 0 aromatic rings. The fourth-order valence-corrected chi connectivity index (χ4v) is 1.44. The lowest BCUT2D eigenvalue weighted by atomic mass is 10.2. The third-order valence-corrected chi connectivity index (χ3v) is 2.35. The highest BCUT2D eigenvalue weighted by Gasteiger charge is 2.20. The van der Waals surface area contributed by atoms with Gasteiger partial charge in [-0.2, -0.15) is 10.6 Å². The van der Waals surface area contributed by atoms with Crippen molar-refractivity contribution in [1.82, 2.24) is 5.48 Å². The van der Waals surface area contributed by atoms with E-state index in [2.05, 4.69) is 5.48 Å². The van der Waals surface area contributed by atoms with Crippen molar-refractivity contribution < 1.29 is 9.39 Å². The summed E-state index contributed by atoms with van der Waals surface area (Å²) in [6.45, 7) is 0.688. The zero-order valence-electron chi connectivity index (χ0n) is 5.71. The SMILES string of the molecule is N[S+]([O-])C1CCCCON1. The van der Waals surface area contributed by atoms with Gasteiger partial charge in [-0.15, -0.1) is 0 Å². The number of hydroxylamine groups is 1.